The molecule has 0 radical (unpaired) electrons. The van der Waals surface area contributed by atoms with Gasteiger partial charge < -0.3 is 10.6 Å². The molecule has 0 aliphatic carbocycles. The summed E-state index contributed by atoms with van der Waals surface area (Å²) >= 11 is 3.24. The van der Waals surface area contributed by atoms with Crippen LogP contribution >= 0.6 is 15.9 Å². The van der Waals surface area contributed by atoms with Gasteiger partial charge in [-0.1, -0.05) is 12.1 Å². The zero-order valence-corrected chi connectivity index (χ0v) is 12.7. The number of halogens is 2. The molecule has 0 atom stereocenters. The molecule has 0 bridgehead atoms. The Kier molecular flexibility index (Phi) is 3.66. The maximum atomic E-state index is 13.3. The molecule has 2 aromatic carbocycles. The smallest absolute Gasteiger partial charge is 0.137 e. The van der Waals surface area contributed by atoms with Gasteiger partial charge in [0.25, 0.3) is 0 Å². The molecule has 3 rings (SSSR count). The first-order chi connectivity index (χ1) is 9.63. The van der Waals surface area contributed by atoms with E-state index in [1.54, 1.807) is 0 Å². The van der Waals surface area contributed by atoms with Crippen molar-refractivity contribution >= 4 is 27.3 Å². The highest BCUT2D eigenvalue weighted by molar-refractivity contribution is 9.10. The number of anilines is 2. The fraction of sp³-hybridized carbons (Fsp3) is 0.250. The molecule has 0 aromatic heterocycles. The van der Waals surface area contributed by atoms with Crippen LogP contribution in [0.5, 0.6) is 0 Å². The van der Waals surface area contributed by atoms with Gasteiger partial charge >= 0.3 is 0 Å². The van der Waals surface area contributed by atoms with E-state index in [1.165, 1.54) is 17.3 Å². The third kappa shape index (κ3) is 2.66. The molecule has 0 saturated carbocycles. The normalized spacial score (nSPS) is 14.2. The third-order valence-corrected chi connectivity index (χ3v) is 4.29. The van der Waals surface area contributed by atoms with Crippen molar-refractivity contribution in [2.24, 2.45) is 0 Å². The summed E-state index contributed by atoms with van der Waals surface area (Å²) in [5, 5.41) is 0. The Morgan fingerprint density at radius 3 is 2.85 bits per heavy atom. The Morgan fingerprint density at radius 2 is 2.05 bits per heavy atom. The molecule has 0 spiro atoms. The van der Waals surface area contributed by atoms with Crippen molar-refractivity contribution in [2.45, 2.75) is 19.4 Å². The van der Waals surface area contributed by atoms with E-state index in [9.17, 15) is 4.39 Å². The Balaban J connectivity index is 1.89. The monoisotopic (exact) mass is 334 g/mol. The fourth-order valence-electron chi connectivity index (χ4n) is 2.69. The SMILES string of the molecule is Nc1ccc2c(c1)N(Cc1ccc(F)c(Br)c1)CCC2. The summed E-state index contributed by atoms with van der Waals surface area (Å²) in [6.45, 7) is 1.78. The topological polar surface area (TPSA) is 29.3 Å². The molecule has 0 unspecified atom stereocenters. The van der Waals surface area contributed by atoms with E-state index in [2.05, 4.69) is 26.9 Å². The first-order valence-corrected chi connectivity index (χ1v) is 7.50. The highest BCUT2D eigenvalue weighted by Crippen LogP contribution is 2.30. The van der Waals surface area contributed by atoms with Crippen LogP contribution in [0.2, 0.25) is 0 Å². The molecule has 1 aliphatic rings. The first kappa shape index (κ1) is 13.4. The maximum Gasteiger partial charge on any atom is 0.137 e. The maximum absolute atomic E-state index is 13.3. The number of aryl methyl sites for hydroxylation is 1. The van der Waals surface area contributed by atoms with E-state index >= 15 is 0 Å². The van der Waals surface area contributed by atoms with E-state index in [4.69, 9.17) is 5.73 Å². The largest absolute Gasteiger partial charge is 0.399 e. The number of rotatable bonds is 2. The van der Waals surface area contributed by atoms with Crippen LogP contribution in [0.25, 0.3) is 0 Å². The Hall–Kier alpha value is -1.55. The molecule has 2 N–H and O–H groups in total. The van der Waals surface area contributed by atoms with Gasteiger partial charge in [0.05, 0.1) is 4.47 Å². The number of fused-ring (bicyclic) bond motifs is 1. The van der Waals surface area contributed by atoms with Gasteiger partial charge in [0.15, 0.2) is 0 Å². The van der Waals surface area contributed by atoms with Crippen molar-refractivity contribution in [1.29, 1.82) is 0 Å². The van der Waals surface area contributed by atoms with Crippen molar-refractivity contribution < 1.29 is 4.39 Å². The van der Waals surface area contributed by atoms with E-state index in [0.29, 0.717) is 4.47 Å². The molecule has 1 aliphatic heterocycles. The van der Waals surface area contributed by atoms with Gasteiger partial charge in [-0.25, -0.2) is 4.39 Å². The van der Waals surface area contributed by atoms with Crippen LogP contribution in [-0.4, -0.2) is 6.54 Å². The number of nitrogen functional groups attached to an aromatic ring is 1. The van der Waals surface area contributed by atoms with Crippen LogP contribution in [0.3, 0.4) is 0 Å². The summed E-state index contributed by atoms with van der Waals surface area (Å²) in [5.74, 6) is -0.225. The number of benzene rings is 2. The molecule has 20 heavy (non-hydrogen) atoms. The molecule has 2 aromatic rings. The summed E-state index contributed by atoms with van der Waals surface area (Å²) in [6.07, 6.45) is 2.23. The van der Waals surface area contributed by atoms with Crippen LogP contribution in [0, 0.1) is 5.82 Å². The van der Waals surface area contributed by atoms with Crippen molar-refractivity contribution in [3.05, 3.63) is 57.8 Å². The van der Waals surface area contributed by atoms with Gasteiger partial charge in [0.2, 0.25) is 0 Å². The van der Waals surface area contributed by atoms with Crippen molar-refractivity contribution in [3.63, 3.8) is 0 Å². The lowest BCUT2D eigenvalue weighted by Gasteiger charge is -2.31. The minimum atomic E-state index is -0.225. The van der Waals surface area contributed by atoms with Crippen LogP contribution in [0.4, 0.5) is 15.8 Å². The quantitative estimate of drug-likeness (QED) is 0.837. The molecule has 104 valence electrons. The fourth-order valence-corrected chi connectivity index (χ4v) is 3.12. The average Bonchev–Trinajstić information content (AvgIpc) is 2.44. The molecular formula is C16H16BrFN2. The van der Waals surface area contributed by atoms with E-state index < -0.39 is 0 Å². The molecule has 2 nitrogen and oxygen atoms in total. The number of nitrogens with two attached hydrogens (primary N) is 1. The lowest BCUT2D eigenvalue weighted by Crippen LogP contribution is -2.28. The highest BCUT2D eigenvalue weighted by atomic mass is 79.9. The minimum Gasteiger partial charge on any atom is -0.399 e. The lowest BCUT2D eigenvalue weighted by atomic mass is 10.0. The number of hydrogen-bond acceptors (Lipinski definition) is 2. The van der Waals surface area contributed by atoms with Crippen molar-refractivity contribution in [3.8, 4) is 0 Å². The second-order valence-corrected chi connectivity index (χ2v) is 6.02. The van der Waals surface area contributed by atoms with Crippen LogP contribution < -0.4 is 10.6 Å². The van der Waals surface area contributed by atoms with Gasteiger partial charge in [-0.15, -0.1) is 0 Å². The molecule has 0 amide bonds. The van der Waals surface area contributed by atoms with Gasteiger partial charge in [-0.05, 0) is 64.2 Å². The highest BCUT2D eigenvalue weighted by Gasteiger charge is 2.17. The van der Waals surface area contributed by atoms with Crippen LogP contribution in [0.1, 0.15) is 17.5 Å². The van der Waals surface area contributed by atoms with E-state index in [1.807, 2.05) is 24.3 Å². The Bertz CT molecular complexity index is 642. The predicted octanol–water partition coefficient (Wildman–Crippen LogP) is 4.12. The van der Waals surface area contributed by atoms with Gasteiger partial charge in [0, 0.05) is 24.5 Å². The number of nitrogens with zero attached hydrogens (tertiary/aromatic N) is 1. The first-order valence-electron chi connectivity index (χ1n) is 6.71. The molecule has 0 saturated heterocycles. The van der Waals surface area contributed by atoms with Crippen molar-refractivity contribution in [1.82, 2.24) is 0 Å². The van der Waals surface area contributed by atoms with Gasteiger partial charge in [0.1, 0.15) is 5.82 Å². The average molecular weight is 335 g/mol. The third-order valence-electron chi connectivity index (χ3n) is 3.68. The summed E-state index contributed by atoms with van der Waals surface area (Å²) in [5.41, 5.74) is 10.3. The lowest BCUT2D eigenvalue weighted by molar-refractivity contribution is 0.619. The van der Waals surface area contributed by atoms with E-state index in [-0.39, 0.29) is 5.82 Å². The molecular weight excluding hydrogens is 319 g/mol. The molecule has 0 fully saturated rings. The zero-order chi connectivity index (χ0) is 14.1. The summed E-state index contributed by atoms with van der Waals surface area (Å²) in [4.78, 5) is 2.31. The van der Waals surface area contributed by atoms with Gasteiger partial charge in [-0.3, -0.25) is 0 Å². The minimum absolute atomic E-state index is 0.225. The van der Waals surface area contributed by atoms with Gasteiger partial charge in [-0.2, -0.15) is 0 Å². The summed E-state index contributed by atoms with van der Waals surface area (Å²) < 4.78 is 13.8. The second kappa shape index (κ2) is 5.44. The van der Waals surface area contributed by atoms with E-state index in [0.717, 1.165) is 37.2 Å². The van der Waals surface area contributed by atoms with Crippen LogP contribution in [0.15, 0.2) is 40.9 Å². The molecule has 1 heterocycles. The molecule has 4 heteroatoms. The zero-order valence-electron chi connectivity index (χ0n) is 11.1. The summed E-state index contributed by atoms with van der Waals surface area (Å²) in [6, 6.07) is 11.3. The van der Waals surface area contributed by atoms with Crippen molar-refractivity contribution in [2.75, 3.05) is 17.2 Å². The standard InChI is InChI=1S/C16H16BrFN2/c17-14-8-11(3-6-15(14)18)10-20-7-1-2-12-4-5-13(19)9-16(12)20/h3-6,8-9H,1-2,7,10,19H2. The van der Waals surface area contributed by atoms with Crippen LogP contribution in [-0.2, 0) is 13.0 Å². The Labute approximate surface area is 126 Å². The predicted molar refractivity (Wildman–Crippen MR) is 84.3 cm³/mol. The second-order valence-electron chi connectivity index (χ2n) is 5.16. The summed E-state index contributed by atoms with van der Waals surface area (Å²) in [7, 11) is 0. The Morgan fingerprint density at radius 1 is 1.20 bits per heavy atom. The number of hydrogen-bond donors (Lipinski definition) is 1.